The van der Waals surface area contributed by atoms with E-state index < -0.39 is 17.7 Å². The molecule has 31 heavy (non-hydrogen) atoms. The van der Waals surface area contributed by atoms with Gasteiger partial charge in [0.2, 0.25) is 0 Å². The lowest BCUT2D eigenvalue weighted by Gasteiger charge is -2.25. The normalized spacial score (nSPS) is 17.9. The highest BCUT2D eigenvalue weighted by Crippen LogP contribution is 2.39. The van der Waals surface area contributed by atoms with Crippen molar-refractivity contribution in [1.82, 2.24) is 4.90 Å². The second-order valence-corrected chi connectivity index (χ2v) is 7.39. The van der Waals surface area contributed by atoms with Crippen LogP contribution in [0.2, 0.25) is 0 Å². The number of hydrogen-bond acceptors (Lipinski definition) is 5. The molecule has 1 unspecified atom stereocenters. The number of amides is 1. The summed E-state index contributed by atoms with van der Waals surface area (Å²) >= 11 is 0. The van der Waals surface area contributed by atoms with Crippen LogP contribution in [0.1, 0.15) is 43.0 Å². The van der Waals surface area contributed by atoms with Crippen LogP contribution >= 0.6 is 0 Å². The number of methoxy groups -OCH3 is 1. The summed E-state index contributed by atoms with van der Waals surface area (Å²) in [6.07, 6.45) is 1.48. The van der Waals surface area contributed by atoms with Crippen LogP contribution in [0, 0.1) is 0 Å². The van der Waals surface area contributed by atoms with E-state index in [0.717, 1.165) is 17.5 Å². The molecule has 0 bridgehead atoms. The van der Waals surface area contributed by atoms with E-state index in [1.165, 1.54) is 4.90 Å². The number of likely N-dealkylation sites (tertiary alicyclic amines) is 1. The zero-order valence-corrected chi connectivity index (χ0v) is 18.3. The molecule has 1 amide bonds. The highest BCUT2D eigenvalue weighted by molar-refractivity contribution is 6.46. The Kier molecular flexibility index (Phi) is 7.47. The second-order valence-electron chi connectivity index (χ2n) is 7.39. The number of Topliss-reactive ketones (excluding diaryl/α,β-unsaturated/α-hetero) is 1. The lowest BCUT2D eigenvalue weighted by Crippen LogP contribution is -2.31. The van der Waals surface area contributed by atoms with Gasteiger partial charge in [-0.3, -0.25) is 9.59 Å². The number of benzene rings is 2. The molecule has 1 heterocycles. The third-order valence-corrected chi connectivity index (χ3v) is 5.41. The van der Waals surface area contributed by atoms with Crippen LogP contribution in [0.5, 0.6) is 5.75 Å². The first kappa shape index (κ1) is 22.6. The van der Waals surface area contributed by atoms with Gasteiger partial charge in [0.05, 0.1) is 18.2 Å². The van der Waals surface area contributed by atoms with E-state index in [2.05, 4.69) is 6.92 Å². The molecule has 1 N–H and O–H groups in total. The van der Waals surface area contributed by atoms with Gasteiger partial charge in [-0.05, 0) is 43.0 Å². The van der Waals surface area contributed by atoms with Crippen molar-refractivity contribution in [3.8, 4) is 5.75 Å². The Balaban J connectivity index is 2.10. The van der Waals surface area contributed by atoms with Gasteiger partial charge in [0.1, 0.15) is 11.5 Å². The number of aryl methyl sites for hydroxylation is 1. The largest absolute Gasteiger partial charge is 0.507 e. The Labute approximate surface area is 183 Å². The summed E-state index contributed by atoms with van der Waals surface area (Å²) in [4.78, 5) is 27.4. The highest BCUT2D eigenvalue weighted by atomic mass is 16.5. The standard InChI is InChI=1S/C25H29NO5/c1-4-17-10-12-18(13-11-17)22-21(24(28)25(29)26(22)14-7-15-30-3)23(27)19-8-6-9-20(16-19)31-5-2/h6,8-13,16,22,27H,4-5,7,14-15H2,1-3H3/b23-21-. The average molecular weight is 424 g/mol. The molecule has 1 aliphatic rings. The zero-order chi connectivity index (χ0) is 22.4. The Bertz CT molecular complexity index is 964. The van der Waals surface area contributed by atoms with Crippen molar-refractivity contribution < 1.29 is 24.2 Å². The summed E-state index contributed by atoms with van der Waals surface area (Å²) in [5.41, 5.74) is 2.48. The molecule has 1 saturated heterocycles. The van der Waals surface area contributed by atoms with Crippen LogP contribution in [0.4, 0.5) is 0 Å². The minimum atomic E-state index is -0.679. The maximum atomic E-state index is 13.0. The van der Waals surface area contributed by atoms with Crippen molar-refractivity contribution in [3.63, 3.8) is 0 Å². The number of aliphatic hydroxyl groups excluding tert-OH is 1. The average Bonchev–Trinajstić information content (AvgIpc) is 3.04. The van der Waals surface area contributed by atoms with Crippen LogP contribution < -0.4 is 4.74 Å². The predicted molar refractivity (Wildman–Crippen MR) is 119 cm³/mol. The van der Waals surface area contributed by atoms with E-state index in [1.807, 2.05) is 31.2 Å². The molecule has 1 fully saturated rings. The summed E-state index contributed by atoms with van der Waals surface area (Å²) < 4.78 is 10.6. The number of rotatable bonds is 9. The van der Waals surface area contributed by atoms with Crippen LogP contribution in [0.25, 0.3) is 5.76 Å². The quantitative estimate of drug-likeness (QED) is 0.284. The predicted octanol–water partition coefficient (Wildman–Crippen LogP) is 4.11. The number of ether oxygens (including phenoxy) is 2. The summed E-state index contributed by atoms with van der Waals surface area (Å²) in [5.74, 6) is -0.895. The zero-order valence-electron chi connectivity index (χ0n) is 18.3. The van der Waals surface area contributed by atoms with Gasteiger partial charge >= 0.3 is 0 Å². The van der Waals surface area contributed by atoms with E-state index in [1.54, 1.807) is 31.4 Å². The minimum Gasteiger partial charge on any atom is -0.507 e. The second kappa shape index (κ2) is 10.3. The highest BCUT2D eigenvalue weighted by Gasteiger charge is 2.45. The van der Waals surface area contributed by atoms with Crippen LogP contribution in [0.3, 0.4) is 0 Å². The molecule has 6 heteroatoms. The van der Waals surface area contributed by atoms with Gasteiger partial charge < -0.3 is 19.5 Å². The minimum absolute atomic E-state index is 0.0975. The molecule has 6 nitrogen and oxygen atoms in total. The summed E-state index contributed by atoms with van der Waals surface area (Å²) in [6, 6.07) is 14.1. The first-order valence-electron chi connectivity index (χ1n) is 10.6. The van der Waals surface area contributed by atoms with E-state index >= 15 is 0 Å². The molecule has 0 saturated carbocycles. The smallest absolute Gasteiger partial charge is 0.295 e. The van der Waals surface area contributed by atoms with Crippen LogP contribution in [-0.2, 0) is 20.7 Å². The van der Waals surface area contributed by atoms with Crippen molar-refractivity contribution >= 4 is 17.4 Å². The van der Waals surface area contributed by atoms with Crippen LogP contribution in [-0.4, -0.2) is 48.6 Å². The first-order chi connectivity index (χ1) is 15.0. The van der Waals surface area contributed by atoms with Gasteiger partial charge in [0.15, 0.2) is 0 Å². The molecule has 0 aliphatic carbocycles. The molecule has 0 spiro atoms. The fourth-order valence-electron chi connectivity index (χ4n) is 3.83. The molecule has 3 rings (SSSR count). The summed E-state index contributed by atoms with van der Waals surface area (Å²) in [5, 5.41) is 11.1. The van der Waals surface area contributed by atoms with Crippen molar-refractivity contribution in [3.05, 3.63) is 70.8 Å². The molecule has 1 atom stereocenters. The third kappa shape index (κ3) is 4.80. The molecule has 0 aromatic heterocycles. The number of hydrogen-bond donors (Lipinski definition) is 1. The molecule has 2 aromatic rings. The Hall–Kier alpha value is -3.12. The number of aliphatic hydroxyl groups is 1. The van der Waals surface area contributed by atoms with Crippen molar-refractivity contribution in [1.29, 1.82) is 0 Å². The van der Waals surface area contributed by atoms with Crippen molar-refractivity contribution in [2.75, 3.05) is 26.9 Å². The molecular weight excluding hydrogens is 394 g/mol. The van der Waals surface area contributed by atoms with Gasteiger partial charge in [-0.15, -0.1) is 0 Å². The number of nitrogens with zero attached hydrogens (tertiary/aromatic N) is 1. The molecule has 164 valence electrons. The van der Waals surface area contributed by atoms with Gasteiger partial charge in [0.25, 0.3) is 11.7 Å². The molecule has 0 radical (unpaired) electrons. The van der Waals surface area contributed by atoms with Gasteiger partial charge in [-0.25, -0.2) is 0 Å². The molecule has 2 aromatic carbocycles. The number of ketones is 1. The topological polar surface area (TPSA) is 76.1 Å². The van der Waals surface area contributed by atoms with Gasteiger partial charge in [-0.2, -0.15) is 0 Å². The van der Waals surface area contributed by atoms with Crippen molar-refractivity contribution in [2.45, 2.75) is 32.7 Å². The van der Waals surface area contributed by atoms with E-state index in [0.29, 0.717) is 37.5 Å². The maximum Gasteiger partial charge on any atom is 0.295 e. The Morgan fingerprint density at radius 3 is 2.48 bits per heavy atom. The van der Waals surface area contributed by atoms with Gasteiger partial charge in [0, 0.05) is 25.8 Å². The van der Waals surface area contributed by atoms with Crippen LogP contribution in [0.15, 0.2) is 54.1 Å². The van der Waals surface area contributed by atoms with E-state index in [4.69, 9.17) is 9.47 Å². The Morgan fingerprint density at radius 2 is 1.84 bits per heavy atom. The SMILES string of the molecule is CCOc1cccc(/C(O)=C2/C(=O)C(=O)N(CCCOC)C2c2ccc(CC)cc2)c1. The fraction of sp³-hybridized carbons (Fsp3) is 0.360. The molecular formula is C25H29NO5. The summed E-state index contributed by atoms with van der Waals surface area (Å²) in [7, 11) is 1.60. The first-order valence-corrected chi connectivity index (χ1v) is 10.6. The third-order valence-electron chi connectivity index (χ3n) is 5.41. The lowest BCUT2D eigenvalue weighted by molar-refractivity contribution is -0.140. The monoisotopic (exact) mass is 423 g/mol. The number of carbonyl (C=O) groups excluding carboxylic acids is 2. The van der Waals surface area contributed by atoms with E-state index in [-0.39, 0.29) is 11.3 Å². The number of carbonyl (C=O) groups is 2. The summed E-state index contributed by atoms with van der Waals surface area (Å²) in [6.45, 7) is 5.25. The maximum absolute atomic E-state index is 13.0. The van der Waals surface area contributed by atoms with E-state index in [9.17, 15) is 14.7 Å². The molecule has 1 aliphatic heterocycles. The van der Waals surface area contributed by atoms with Crippen molar-refractivity contribution in [2.24, 2.45) is 0 Å². The van der Waals surface area contributed by atoms with Gasteiger partial charge in [-0.1, -0.05) is 43.3 Å². The lowest BCUT2D eigenvalue weighted by atomic mass is 9.94. The Morgan fingerprint density at radius 1 is 1.10 bits per heavy atom. The fourth-order valence-corrected chi connectivity index (χ4v) is 3.83.